The number of nitrogens with one attached hydrogen (secondary N) is 2. The number of benzene rings is 1. The summed E-state index contributed by atoms with van der Waals surface area (Å²) < 4.78 is 37.7. The smallest absolute Gasteiger partial charge is 0.416 e. The number of carbonyl (C=O) groups is 3. The number of carboxylic acid groups (broad SMARTS) is 1. The molecule has 9 heteroatoms. The van der Waals surface area contributed by atoms with Crippen LogP contribution >= 0.6 is 0 Å². The van der Waals surface area contributed by atoms with Crippen LogP contribution in [0, 0.1) is 0 Å². The molecule has 126 valence electrons. The lowest BCUT2D eigenvalue weighted by atomic mass is 10.1. The number of aliphatic carboxylic acids is 1. The quantitative estimate of drug-likeness (QED) is 0.734. The summed E-state index contributed by atoms with van der Waals surface area (Å²) in [5, 5.41) is 13.1. The van der Waals surface area contributed by atoms with Gasteiger partial charge < -0.3 is 15.7 Å². The highest BCUT2D eigenvalue weighted by molar-refractivity contribution is 5.97. The largest absolute Gasteiger partial charge is 0.480 e. The van der Waals surface area contributed by atoms with Crippen molar-refractivity contribution in [2.45, 2.75) is 25.6 Å². The van der Waals surface area contributed by atoms with Crippen LogP contribution in [0.1, 0.15) is 29.3 Å². The molecule has 0 aliphatic rings. The van der Waals surface area contributed by atoms with Crippen molar-refractivity contribution in [2.75, 3.05) is 6.54 Å². The lowest BCUT2D eigenvalue weighted by Crippen LogP contribution is -2.45. The van der Waals surface area contributed by atoms with Crippen molar-refractivity contribution in [1.29, 1.82) is 0 Å². The summed E-state index contributed by atoms with van der Waals surface area (Å²) in [6.45, 7) is 1.01. The SMILES string of the molecule is CCC(NC(=O)CNC(=O)c1cccc(C(F)(F)F)c1)C(=O)O. The lowest BCUT2D eigenvalue weighted by molar-refractivity contribution is -0.141. The first kappa shape index (κ1) is 18.5. The molecule has 0 aliphatic carbocycles. The van der Waals surface area contributed by atoms with Crippen LogP contribution in [0.25, 0.3) is 0 Å². The van der Waals surface area contributed by atoms with Gasteiger partial charge in [-0.15, -0.1) is 0 Å². The highest BCUT2D eigenvalue weighted by atomic mass is 19.4. The van der Waals surface area contributed by atoms with Crippen molar-refractivity contribution in [2.24, 2.45) is 0 Å². The van der Waals surface area contributed by atoms with Gasteiger partial charge in [-0.1, -0.05) is 13.0 Å². The fourth-order valence-corrected chi connectivity index (χ4v) is 1.68. The molecule has 1 unspecified atom stereocenters. The minimum atomic E-state index is -4.58. The summed E-state index contributed by atoms with van der Waals surface area (Å²) in [6.07, 6.45) is -4.42. The van der Waals surface area contributed by atoms with E-state index < -0.39 is 42.1 Å². The maximum Gasteiger partial charge on any atom is 0.416 e. The molecule has 0 heterocycles. The van der Waals surface area contributed by atoms with Gasteiger partial charge in [0.15, 0.2) is 0 Å². The molecule has 6 nitrogen and oxygen atoms in total. The zero-order chi connectivity index (χ0) is 17.6. The zero-order valence-electron chi connectivity index (χ0n) is 12.1. The van der Waals surface area contributed by atoms with E-state index in [0.29, 0.717) is 6.07 Å². The topological polar surface area (TPSA) is 95.5 Å². The van der Waals surface area contributed by atoms with Crippen LogP contribution in [-0.2, 0) is 15.8 Å². The molecule has 0 saturated heterocycles. The van der Waals surface area contributed by atoms with Gasteiger partial charge in [0.2, 0.25) is 5.91 Å². The third-order valence-electron chi connectivity index (χ3n) is 2.90. The van der Waals surface area contributed by atoms with Crippen LogP contribution in [0.4, 0.5) is 13.2 Å². The van der Waals surface area contributed by atoms with Gasteiger partial charge in [0, 0.05) is 5.56 Å². The summed E-state index contributed by atoms with van der Waals surface area (Å²) in [5.41, 5.74) is -1.23. The Bertz CT molecular complexity index is 602. The van der Waals surface area contributed by atoms with E-state index >= 15 is 0 Å². The van der Waals surface area contributed by atoms with Gasteiger partial charge in [-0.2, -0.15) is 13.2 Å². The molecule has 0 fully saturated rings. The third-order valence-corrected chi connectivity index (χ3v) is 2.90. The molecule has 0 aliphatic heterocycles. The number of carboxylic acids is 1. The Morgan fingerprint density at radius 1 is 1.26 bits per heavy atom. The second-order valence-corrected chi connectivity index (χ2v) is 4.63. The summed E-state index contributed by atoms with van der Waals surface area (Å²) in [7, 11) is 0. The predicted octanol–water partition coefficient (Wildman–Crippen LogP) is 1.41. The monoisotopic (exact) mass is 332 g/mol. The van der Waals surface area contributed by atoms with Gasteiger partial charge in [-0.05, 0) is 24.6 Å². The summed E-state index contributed by atoms with van der Waals surface area (Å²) in [5.74, 6) is -2.83. The van der Waals surface area contributed by atoms with Crippen LogP contribution in [0.2, 0.25) is 0 Å². The number of hydrogen-bond donors (Lipinski definition) is 3. The summed E-state index contributed by atoms with van der Waals surface area (Å²) in [6, 6.07) is 2.65. The van der Waals surface area contributed by atoms with Gasteiger partial charge in [0.05, 0.1) is 12.1 Å². The summed E-state index contributed by atoms with van der Waals surface area (Å²) >= 11 is 0. The highest BCUT2D eigenvalue weighted by Crippen LogP contribution is 2.29. The normalized spacial score (nSPS) is 12.3. The molecule has 0 saturated carbocycles. The molecule has 23 heavy (non-hydrogen) atoms. The molecule has 1 rings (SSSR count). The second-order valence-electron chi connectivity index (χ2n) is 4.63. The molecule has 3 N–H and O–H groups in total. The molecule has 0 aromatic heterocycles. The molecular weight excluding hydrogens is 317 g/mol. The van der Waals surface area contributed by atoms with E-state index in [9.17, 15) is 27.6 Å². The maximum absolute atomic E-state index is 12.6. The summed E-state index contributed by atoms with van der Waals surface area (Å²) in [4.78, 5) is 34.0. The fourth-order valence-electron chi connectivity index (χ4n) is 1.68. The Hall–Kier alpha value is -2.58. The Kier molecular flexibility index (Phi) is 6.11. The van der Waals surface area contributed by atoms with Gasteiger partial charge in [0.1, 0.15) is 6.04 Å². The van der Waals surface area contributed by atoms with Crippen LogP contribution in [0.15, 0.2) is 24.3 Å². The molecule has 1 atom stereocenters. The van der Waals surface area contributed by atoms with E-state index in [1.807, 2.05) is 0 Å². The predicted molar refractivity (Wildman–Crippen MR) is 73.6 cm³/mol. The van der Waals surface area contributed by atoms with Crippen molar-refractivity contribution in [3.8, 4) is 0 Å². The Morgan fingerprint density at radius 3 is 2.43 bits per heavy atom. The van der Waals surface area contributed by atoms with Crippen LogP contribution in [0.3, 0.4) is 0 Å². The minimum absolute atomic E-state index is 0.155. The van der Waals surface area contributed by atoms with Crippen molar-refractivity contribution < 1.29 is 32.7 Å². The van der Waals surface area contributed by atoms with Gasteiger partial charge >= 0.3 is 12.1 Å². The molecular formula is C14H15F3N2O4. The van der Waals surface area contributed by atoms with E-state index in [1.54, 1.807) is 6.92 Å². The number of rotatable bonds is 6. The third kappa shape index (κ3) is 5.61. The average molecular weight is 332 g/mol. The van der Waals surface area contributed by atoms with Gasteiger partial charge in [-0.25, -0.2) is 4.79 Å². The Morgan fingerprint density at radius 2 is 1.91 bits per heavy atom. The van der Waals surface area contributed by atoms with Crippen molar-refractivity contribution in [3.05, 3.63) is 35.4 Å². The van der Waals surface area contributed by atoms with Crippen molar-refractivity contribution in [3.63, 3.8) is 0 Å². The molecule has 0 bridgehead atoms. The molecule has 2 amide bonds. The fraction of sp³-hybridized carbons (Fsp3) is 0.357. The standard InChI is InChI=1S/C14H15F3N2O4/c1-2-10(13(22)23)19-11(20)7-18-12(21)8-4-3-5-9(6-8)14(15,16)17/h3-6,10H,2,7H2,1H3,(H,18,21)(H,19,20)(H,22,23). The van der Waals surface area contributed by atoms with Gasteiger partial charge in [-0.3, -0.25) is 9.59 Å². The first-order valence-electron chi connectivity index (χ1n) is 6.62. The number of amides is 2. The Labute approximate surface area is 129 Å². The number of hydrogen-bond acceptors (Lipinski definition) is 3. The highest BCUT2D eigenvalue weighted by Gasteiger charge is 2.30. The first-order chi connectivity index (χ1) is 10.6. The average Bonchev–Trinajstić information content (AvgIpc) is 2.49. The van der Waals surface area contributed by atoms with Crippen molar-refractivity contribution >= 4 is 17.8 Å². The number of alkyl halides is 3. The van der Waals surface area contributed by atoms with E-state index in [2.05, 4.69) is 10.6 Å². The Balaban J connectivity index is 2.64. The van der Waals surface area contributed by atoms with Crippen LogP contribution in [0.5, 0.6) is 0 Å². The maximum atomic E-state index is 12.6. The molecule has 1 aromatic rings. The lowest BCUT2D eigenvalue weighted by Gasteiger charge is -2.13. The van der Waals surface area contributed by atoms with E-state index in [0.717, 1.165) is 12.1 Å². The van der Waals surface area contributed by atoms with Crippen LogP contribution < -0.4 is 10.6 Å². The van der Waals surface area contributed by atoms with Gasteiger partial charge in [0.25, 0.3) is 5.91 Å². The molecule has 0 radical (unpaired) electrons. The molecule has 1 aromatic carbocycles. The minimum Gasteiger partial charge on any atom is -0.480 e. The molecule has 0 spiro atoms. The number of carbonyl (C=O) groups excluding carboxylic acids is 2. The van der Waals surface area contributed by atoms with Crippen LogP contribution in [-0.4, -0.2) is 35.5 Å². The van der Waals surface area contributed by atoms with Crippen molar-refractivity contribution in [1.82, 2.24) is 10.6 Å². The second kappa shape index (κ2) is 7.61. The van der Waals surface area contributed by atoms with E-state index in [4.69, 9.17) is 5.11 Å². The van der Waals surface area contributed by atoms with E-state index in [-0.39, 0.29) is 12.0 Å². The zero-order valence-corrected chi connectivity index (χ0v) is 12.1. The number of halogens is 3. The first-order valence-corrected chi connectivity index (χ1v) is 6.62. The van der Waals surface area contributed by atoms with E-state index in [1.165, 1.54) is 6.07 Å².